The number of nitrogens with one attached hydrogen (secondary N) is 1. The second kappa shape index (κ2) is 9.03. The number of aryl methyl sites for hydroxylation is 2. The lowest BCUT2D eigenvalue weighted by atomic mass is 10.1. The van der Waals surface area contributed by atoms with Crippen LogP contribution in [-0.4, -0.2) is 30.4 Å². The van der Waals surface area contributed by atoms with Crippen LogP contribution in [0.15, 0.2) is 62.6 Å². The number of hydrogen-bond donors (Lipinski definition) is 1. The first kappa shape index (κ1) is 21.9. The molecule has 1 N–H and O–H groups in total. The third-order valence-corrected chi connectivity index (χ3v) is 5.17. The summed E-state index contributed by atoms with van der Waals surface area (Å²) >= 11 is 0. The molecule has 0 radical (unpaired) electrons. The fourth-order valence-corrected chi connectivity index (χ4v) is 3.13. The number of benzene rings is 2. The fraction of sp³-hybridized carbons (Fsp3) is 0.217. The van der Waals surface area contributed by atoms with Crippen LogP contribution < -0.4 is 16.6 Å². The highest BCUT2D eigenvalue weighted by atomic mass is 16.5. The highest BCUT2D eigenvalue weighted by molar-refractivity contribution is 5.89. The van der Waals surface area contributed by atoms with Crippen molar-refractivity contribution in [2.45, 2.75) is 26.8 Å². The van der Waals surface area contributed by atoms with Gasteiger partial charge in [-0.1, -0.05) is 54.0 Å². The molecule has 0 aliphatic heterocycles. The van der Waals surface area contributed by atoms with Crippen molar-refractivity contribution in [3.8, 4) is 17.2 Å². The van der Waals surface area contributed by atoms with Gasteiger partial charge in [0.25, 0.3) is 5.56 Å². The van der Waals surface area contributed by atoms with Gasteiger partial charge in [0.15, 0.2) is 5.69 Å². The Balaban J connectivity index is 1.59. The largest absolute Gasteiger partial charge is 0.351 e. The van der Waals surface area contributed by atoms with Crippen molar-refractivity contribution in [3.63, 3.8) is 0 Å². The van der Waals surface area contributed by atoms with E-state index in [-0.39, 0.29) is 24.0 Å². The molecule has 0 saturated carbocycles. The second-order valence-corrected chi connectivity index (χ2v) is 7.52. The van der Waals surface area contributed by atoms with Crippen molar-refractivity contribution in [2.24, 2.45) is 7.05 Å². The Labute approximate surface area is 188 Å². The van der Waals surface area contributed by atoms with E-state index in [4.69, 9.17) is 4.52 Å². The summed E-state index contributed by atoms with van der Waals surface area (Å²) in [7, 11) is 1.33. The molecule has 0 saturated heterocycles. The zero-order chi connectivity index (χ0) is 23.5. The van der Waals surface area contributed by atoms with Crippen LogP contribution in [0.5, 0.6) is 0 Å². The topological polar surface area (TPSA) is 125 Å². The van der Waals surface area contributed by atoms with Gasteiger partial charge in [-0.25, -0.2) is 4.79 Å². The second-order valence-electron chi connectivity index (χ2n) is 7.52. The zero-order valence-corrected chi connectivity index (χ0v) is 18.4. The number of carbonyl (C=O) groups is 1. The first-order valence-electron chi connectivity index (χ1n) is 10.3. The van der Waals surface area contributed by atoms with Crippen molar-refractivity contribution in [3.05, 3.63) is 92.0 Å². The molecule has 0 unspecified atom stereocenters. The molecule has 1 amide bonds. The smallest absolute Gasteiger partial charge is 0.344 e. The summed E-state index contributed by atoms with van der Waals surface area (Å²) in [5, 5.41) is 10.6. The van der Waals surface area contributed by atoms with Gasteiger partial charge in [0.2, 0.25) is 5.82 Å². The maximum absolute atomic E-state index is 12.6. The Bertz CT molecular complexity index is 1420. The van der Waals surface area contributed by atoms with Gasteiger partial charge < -0.3 is 9.84 Å². The quantitative estimate of drug-likeness (QED) is 0.479. The van der Waals surface area contributed by atoms with E-state index in [1.807, 2.05) is 43.3 Å². The predicted octanol–water partition coefficient (Wildman–Crippen LogP) is 1.78. The molecule has 2 aromatic carbocycles. The van der Waals surface area contributed by atoms with Gasteiger partial charge in [-0.15, -0.1) is 0 Å². The minimum Gasteiger partial charge on any atom is -0.344 e. The third kappa shape index (κ3) is 4.49. The van der Waals surface area contributed by atoms with Gasteiger partial charge in [0.05, 0.1) is 5.69 Å². The normalized spacial score (nSPS) is 10.9. The van der Waals surface area contributed by atoms with Crippen molar-refractivity contribution in [1.29, 1.82) is 0 Å². The lowest BCUT2D eigenvalue weighted by molar-refractivity contribution is 0.0907. The molecule has 168 valence electrons. The van der Waals surface area contributed by atoms with Crippen LogP contribution in [0.3, 0.4) is 0 Å². The molecule has 33 heavy (non-hydrogen) atoms. The Kier molecular flexibility index (Phi) is 5.99. The molecule has 10 nitrogen and oxygen atoms in total. The number of nitrogens with zero attached hydrogens (tertiary/aromatic N) is 5. The Morgan fingerprint density at radius 1 is 1.03 bits per heavy atom. The maximum atomic E-state index is 12.6. The molecular weight excluding hydrogens is 424 g/mol. The van der Waals surface area contributed by atoms with Crippen LogP contribution in [-0.2, 0) is 20.0 Å². The number of amides is 1. The van der Waals surface area contributed by atoms with Gasteiger partial charge >= 0.3 is 17.5 Å². The molecule has 0 aliphatic rings. The summed E-state index contributed by atoms with van der Waals surface area (Å²) in [5.41, 5.74) is 2.06. The van der Waals surface area contributed by atoms with E-state index >= 15 is 0 Å². The molecule has 2 aromatic heterocycles. The number of carbonyl (C=O) groups excluding carboxylic acids is 1. The van der Waals surface area contributed by atoms with E-state index in [9.17, 15) is 14.4 Å². The minimum absolute atomic E-state index is 0.186. The summed E-state index contributed by atoms with van der Waals surface area (Å²) in [5.74, 6) is -1.09. The predicted molar refractivity (Wildman–Crippen MR) is 120 cm³/mol. The Morgan fingerprint density at radius 2 is 1.70 bits per heavy atom. The van der Waals surface area contributed by atoms with E-state index in [1.54, 1.807) is 12.1 Å². The SMILES string of the molecule is CCc1ccc(CNC(=O)c2nc(-c3nn(-c4ccc(C)cc4)c(=O)n(C)c3=O)no2)cc1. The fourth-order valence-electron chi connectivity index (χ4n) is 3.13. The van der Waals surface area contributed by atoms with E-state index in [0.29, 0.717) is 5.69 Å². The molecule has 0 atom stereocenters. The summed E-state index contributed by atoms with van der Waals surface area (Å²) in [6.45, 7) is 4.26. The lowest BCUT2D eigenvalue weighted by Crippen LogP contribution is -2.40. The van der Waals surface area contributed by atoms with E-state index < -0.39 is 17.2 Å². The molecule has 4 rings (SSSR count). The molecular formula is C23H22N6O4. The molecule has 0 spiro atoms. The lowest BCUT2D eigenvalue weighted by Gasteiger charge is -2.08. The summed E-state index contributed by atoms with van der Waals surface area (Å²) in [6.07, 6.45) is 0.933. The summed E-state index contributed by atoms with van der Waals surface area (Å²) in [6, 6.07) is 14.9. The number of rotatable bonds is 6. The van der Waals surface area contributed by atoms with Gasteiger partial charge in [-0.05, 0) is 36.6 Å². The van der Waals surface area contributed by atoms with Crippen LogP contribution in [0.2, 0.25) is 0 Å². The van der Waals surface area contributed by atoms with Crippen molar-refractivity contribution < 1.29 is 9.32 Å². The molecule has 0 aliphatic carbocycles. The average molecular weight is 446 g/mol. The Morgan fingerprint density at radius 3 is 2.36 bits per heavy atom. The van der Waals surface area contributed by atoms with Gasteiger partial charge in [-0.3, -0.25) is 14.2 Å². The van der Waals surface area contributed by atoms with Crippen LogP contribution >= 0.6 is 0 Å². The monoisotopic (exact) mass is 446 g/mol. The molecule has 4 aromatic rings. The van der Waals surface area contributed by atoms with Crippen molar-refractivity contribution >= 4 is 5.91 Å². The van der Waals surface area contributed by atoms with Crippen molar-refractivity contribution in [1.82, 2.24) is 29.8 Å². The first-order valence-corrected chi connectivity index (χ1v) is 10.3. The van der Waals surface area contributed by atoms with Gasteiger partial charge in [0.1, 0.15) is 0 Å². The van der Waals surface area contributed by atoms with Gasteiger partial charge in [-0.2, -0.15) is 14.8 Å². The van der Waals surface area contributed by atoms with E-state index in [0.717, 1.165) is 26.8 Å². The maximum Gasteiger partial charge on any atom is 0.351 e. The number of hydrogen-bond acceptors (Lipinski definition) is 7. The minimum atomic E-state index is -0.702. The van der Waals surface area contributed by atoms with Gasteiger partial charge in [0, 0.05) is 13.6 Å². The van der Waals surface area contributed by atoms with E-state index in [2.05, 4.69) is 27.5 Å². The van der Waals surface area contributed by atoms with E-state index in [1.165, 1.54) is 12.6 Å². The summed E-state index contributed by atoms with van der Waals surface area (Å²) in [4.78, 5) is 41.7. The highest BCUT2D eigenvalue weighted by Gasteiger charge is 2.21. The highest BCUT2D eigenvalue weighted by Crippen LogP contribution is 2.11. The Hall–Kier alpha value is -4.34. The number of aromatic nitrogens is 5. The van der Waals surface area contributed by atoms with Crippen LogP contribution in [0.4, 0.5) is 0 Å². The zero-order valence-electron chi connectivity index (χ0n) is 18.4. The summed E-state index contributed by atoms with van der Waals surface area (Å²) < 4.78 is 7.02. The molecule has 0 bridgehead atoms. The van der Waals surface area contributed by atoms with Crippen LogP contribution in [0.25, 0.3) is 17.2 Å². The first-order chi connectivity index (χ1) is 15.9. The van der Waals surface area contributed by atoms with Crippen molar-refractivity contribution in [2.75, 3.05) is 0 Å². The van der Waals surface area contributed by atoms with Crippen LogP contribution in [0.1, 0.15) is 34.3 Å². The van der Waals surface area contributed by atoms with Crippen LogP contribution in [0, 0.1) is 6.92 Å². The average Bonchev–Trinajstić information content (AvgIpc) is 3.32. The molecule has 10 heteroatoms. The molecule has 0 fully saturated rings. The third-order valence-electron chi connectivity index (χ3n) is 5.17. The molecule has 2 heterocycles. The standard InChI is InChI=1S/C23H22N6O4/c1-4-15-7-9-16(10-8-15)13-24-20(30)21-25-19(27-33-21)18-22(31)28(3)23(32)29(26-18)17-11-5-14(2)6-12-17/h5-12H,4,13H2,1-3H3,(H,24,30).